The zero-order valence-corrected chi connectivity index (χ0v) is 36.2. The van der Waals surface area contributed by atoms with Crippen molar-refractivity contribution in [2.24, 2.45) is 0 Å². The molecule has 0 bridgehead atoms. The first kappa shape index (κ1) is 36.9. The number of thiophene rings is 1. The molecule has 14 rings (SSSR count). The van der Waals surface area contributed by atoms with Crippen molar-refractivity contribution in [2.75, 3.05) is 0 Å². The van der Waals surface area contributed by atoms with E-state index in [0.29, 0.717) is 11.0 Å². The second-order valence-electron chi connectivity index (χ2n) is 17.2. The van der Waals surface area contributed by atoms with Gasteiger partial charge in [0, 0.05) is 58.5 Å². The fourth-order valence-electron chi connectivity index (χ4n) is 10.5. The Bertz CT molecular complexity index is 4360. The molecular formula is C61H36N2O2S. The van der Waals surface area contributed by atoms with Crippen LogP contribution in [0, 0.1) is 0 Å². The summed E-state index contributed by atoms with van der Waals surface area (Å²) in [5, 5.41) is 9.60. The molecule has 4 aromatic heterocycles. The summed E-state index contributed by atoms with van der Waals surface area (Å²) in [7, 11) is 0. The second kappa shape index (κ2) is 14.2. The number of benzene rings is 10. The van der Waals surface area contributed by atoms with Crippen LogP contribution in [0.15, 0.2) is 228 Å². The van der Waals surface area contributed by atoms with Crippen LogP contribution >= 0.6 is 11.3 Å². The van der Waals surface area contributed by atoms with Gasteiger partial charge in [-0.25, -0.2) is 4.79 Å². The highest BCUT2D eigenvalue weighted by atomic mass is 32.1. The van der Waals surface area contributed by atoms with E-state index in [4.69, 9.17) is 4.42 Å². The molecule has 0 saturated heterocycles. The number of nitrogens with zero attached hydrogens (tertiary/aromatic N) is 2. The lowest BCUT2D eigenvalue weighted by Crippen LogP contribution is -2.00. The summed E-state index contributed by atoms with van der Waals surface area (Å²) in [4.78, 5) is 13.9. The number of rotatable bonds is 5. The maximum Gasteiger partial charge on any atom is 0.344 e. The molecule has 66 heavy (non-hydrogen) atoms. The first-order valence-corrected chi connectivity index (χ1v) is 23.1. The van der Waals surface area contributed by atoms with Crippen LogP contribution in [0.25, 0.3) is 130 Å². The van der Waals surface area contributed by atoms with E-state index in [1.165, 1.54) is 47.4 Å². The highest BCUT2D eigenvalue weighted by molar-refractivity contribution is 7.25. The van der Waals surface area contributed by atoms with Crippen molar-refractivity contribution in [1.82, 2.24) is 9.13 Å². The summed E-state index contributed by atoms with van der Waals surface area (Å²) >= 11 is 1.80. The molecule has 4 heterocycles. The number of para-hydroxylation sites is 3. The summed E-state index contributed by atoms with van der Waals surface area (Å²) in [5.41, 5.74) is 13.6. The predicted molar refractivity (Wildman–Crippen MR) is 278 cm³/mol. The van der Waals surface area contributed by atoms with Crippen LogP contribution < -0.4 is 5.63 Å². The van der Waals surface area contributed by atoms with E-state index in [0.717, 1.165) is 71.9 Å². The largest absolute Gasteiger partial charge is 0.422 e. The van der Waals surface area contributed by atoms with E-state index in [9.17, 15) is 4.79 Å². The summed E-state index contributed by atoms with van der Waals surface area (Å²) in [6.45, 7) is 0. The smallest absolute Gasteiger partial charge is 0.344 e. The third-order valence-electron chi connectivity index (χ3n) is 13.6. The minimum Gasteiger partial charge on any atom is -0.422 e. The summed E-state index contributed by atoms with van der Waals surface area (Å²) in [6, 6.07) is 77.7. The molecule has 0 amide bonds. The van der Waals surface area contributed by atoms with Gasteiger partial charge in [-0.3, -0.25) is 0 Å². The lowest BCUT2D eigenvalue weighted by atomic mass is 9.96. The Morgan fingerprint density at radius 2 is 0.818 bits per heavy atom. The summed E-state index contributed by atoms with van der Waals surface area (Å²) in [6.07, 6.45) is 0. The lowest BCUT2D eigenvalue weighted by molar-refractivity contribution is 0.570. The molecule has 0 spiro atoms. The van der Waals surface area contributed by atoms with Crippen molar-refractivity contribution in [3.05, 3.63) is 229 Å². The highest BCUT2D eigenvalue weighted by Gasteiger charge is 2.19. The number of hydrogen-bond acceptors (Lipinski definition) is 3. The SMILES string of the molecule is O=c1oc2cc(-c3ccc4c(c3)c3cc(-c5ccc6c(c5)c5ccccc5n6-c5ccccc5)ccc3n4-c3ccccc3)ccc2c2ccc(-c3cccc4sc5ccccc5c34)cc12. The van der Waals surface area contributed by atoms with Crippen LogP contribution in [0.3, 0.4) is 0 Å². The van der Waals surface area contributed by atoms with Gasteiger partial charge in [-0.05, 0) is 136 Å². The van der Waals surface area contributed by atoms with Crippen molar-refractivity contribution in [2.45, 2.75) is 0 Å². The van der Waals surface area contributed by atoms with E-state index in [1.54, 1.807) is 11.3 Å². The maximum atomic E-state index is 13.9. The van der Waals surface area contributed by atoms with Crippen LogP contribution in [0.5, 0.6) is 0 Å². The van der Waals surface area contributed by atoms with Gasteiger partial charge in [0.1, 0.15) is 5.58 Å². The summed E-state index contributed by atoms with van der Waals surface area (Å²) < 4.78 is 13.4. The monoisotopic (exact) mass is 860 g/mol. The maximum absolute atomic E-state index is 13.9. The van der Waals surface area contributed by atoms with Gasteiger partial charge in [0.15, 0.2) is 0 Å². The van der Waals surface area contributed by atoms with Gasteiger partial charge in [-0.15, -0.1) is 11.3 Å². The number of hydrogen-bond donors (Lipinski definition) is 0. The van der Waals surface area contributed by atoms with Gasteiger partial charge in [0.05, 0.1) is 27.5 Å². The molecular weight excluding hydrogens is 825 g/mol. The molecule has 10 aromatic carbocycles. The fraction of sp³-hybridized carbons (Fsp3) is 0. The predicted octanol–water partition coefficient (Wildman–Crippen LogP) is 16.5. The molecule has 0 aliphatic carbocycles. The zero-order valence-electron chi connectivity index (χ0n) is 35.4. The normalized spacial score (nSPS) is 12.0. The van der Waals surface area contributed by atoms with Gasteiger partial charge in [-0.1, -0.05) is 121 Å². The standard InChI is InChI=1S/C61H36N2O2S/c64-61-52-35-41(44-18-11-21-59-60(44)48-17-8-10-20-58(48)66-59)23-27-45(52)47-28-22-40(36-57(47)65-61)39-26-31-56-51(34-39)50-33-38(25-30-55(50)63(56)43-14-5-2-6-15-43)37-24-29-54-49(32-37)46-16-7-9-19-53(46)62(54)42-12-3-1-4-13-42/h1-36H. The van der Waals surface area contributed by atoms with Gasteiger partial charge in [0.25, 0.3) is 0 Å². The Morgan fingerprint density at radius 1 is 0.333 bits per heavy atom. The Labute approximate surface area is 382 Å². The van der Waals surface area contributed by atoms with Crippen LogP contribution in [-0.4, -0.2) is 9.13 Å². The quantitative estimate of drug-likeness (QED) is 0.128. The van der Waals surface area contributed by atoms with E-state index in [2.05, 4.69) is 215 Å². The molecule has 0 unspecified atom stereocenters. The molecule has 0 saturated carbocycles. The Balaban J connectivity index is 0.899. The molecule has 4 nitrogen and oxygen atoms in total. The third-order valence-corrected chi connectivity index (χ3v) is 14.7. The minimum absolute atomic E-state index is 0.337. The number of fused-ring (bicyclic) bond motifs is 12. The van der Waals surface area contributed by atoms with Crippen LogP contribution in [0.1, 0.15) is 0 Å². The van der Waals surface area contributed by atoms with Crippen molar-refractivity contribution < 1.29 is 4.42 Å². The molecule has 308 valence electrons. The van der Waals surface area contributed by atoms with Crippen LogP contribution in [-0.2, 0) is 0 Å². The van der Waals surface area contributed by atoms with E-state index < -0.39 is 0 Å². The molecule has 5 heteroatoms. The van der Waals surface area contributed by atoms with Crippen molar-refractivity contribution in [3.63, 3.8) is 0 Å². The van der Waals surface area contributed by atoms with Crippen LogP contribution in [0.4, 0.5) is 0 Å². The zero-order chi connectivity index (χ0) is 43.5. The Hall–Kier alpha value is -8.51. The van der Waals surface area contributed by atoms with Gasteiger partial charge < -0.3 is 13.6 Å². The Kier molecular flexibility index (Phi) is 7.97. The fourth-order valence-corrected chi connectivity index (χ4v) is 11.7. The highest BCUT2D eigenvalue weighted by Crippen LogP contribution is 2.42. The molecule has 0 aliphatic rings. The molecule has 0 radical (unpaired) electrons. The van der Waals surface area contributed by atoms with Gasteiger partial charge in [0.2, 0.25) is 0 Å². The van der Waals surface area contributed by atoms with Crippen LogP contribution in [0.2, 0.25) is 0 Å². The van der Waals surface area contributed by atoms with Crippen molar-refractivity contribution >= 4 is 96.9 Å². The molecule has 0 N–H and O–H groups in total. The van der Waals surface area contributed by atoms with E-state index in [1.807, 2.05) is 12.1 Å². The molecule has 0 atom stereocenters. The molecule has 0 fully saturated rings. The average Bonchev–Trinajstić information content (AvgIpc) is 4.04. The first-order valence-electron chi connectivity index (χ1n) is 22.3. The average molecular weight is 861 g/mol. The number of aromatic nitrogens is 2. The minimum atomic E-state index is -0.337. The topological polar surface area (TPSA) is 40.1 Å². The van der Waals surface area contributed by atoms with E-state index in [-0.39, 0.29) is 5.63 Å². The second-order valence-corrected chi connectivity index (χ2v) is 18.3. The summed E-state index contributed by atoms with van der Waals surface area (Å²) in [5.74, 6) is 0. The molecule has 0 aliphatic heterocycles. The van der Waals surface area contributed by atoms with Crippen molar-refractivity contribution in [1.29, 1.82) is 0 Å². The van der Waals surface area contributed by atoms with Crippen molar-refractivity contribution in [3.8, 4) is 44.8 Å². The molecule has 14 aromatic rings. The van der Waals surface area contributed by atoms with Gasteiger partial charge in [-0.2, -0.15) is 0 Å². The van der Waals surface area contributed by atoms with Gasteiger partial charge >= 0.3 is 5.63 Å². The lowest BCUT2D eigenvalue weighted by Gasteiger charge is -2.10. The Morgan fingerprint density at radius 3 is 1.48 bits per heavy atom. The first-order chi connectivity index (χ1) is 32.6. The third kappa shape index (κ3) is 5.54. The van der Waals surface area contributed by atoms with E-state index >= 15 is 0 Å².